The van der Waals surface area contributed by atoms with Gasteiger partial charge in [-0.25, -0.2) is 9.37 Å². The van der Waals surface area contributed by atoms with Crippen molar-refractivity contribution in [3.63, 3.8) is 0 Å². The summed E-state index contributed by atoms with van der Waals surface area (Å²) in [5, 5.41) is 0.354. The fraction of sp³-hybridized carbons (Fsp3) is 0. The molecule has 0 aliphatic rings. The highest BCUT2D eigenvalue weighted by Crippen LogP contribution is 2.26. The maximum atomic E-state index is 13.7. The Morgan fingerprint density at radius 1 is 1.13 bits per heavy atom. The highest BCUT2D eigenvalue weighted by Gasteiger charge is 2.08. The second-order valence-electron chi connectivity index (χ2n) is 2.95. The van der Waals surface area contributed by atoms with Crippen LogP contribution in [0, 0.1) is 5.82 Å². The molecule has 4 heteroatoms. The minimum atomic E-state index is -0.327. The summed E-state index contributed by atoms with van der Waals surface area (Å²) >= 11 is 8.87. The third-order valence-corrected chi connectivity index (χ3v) is 2.77. The molecule has 0 saturated heterocycles. The fourth-order valence-electron chi connectivity index (χ4n) is 1.26. The summed E-state index contributed by atoms with van der Waals surface area (Å²) < 4.78 is 14.1. The molecule has 0 fully saturated rings. The van der Waals surface area contributed by atoms with Crippen LogP contribution < -0.4 is 0 Å². The van der Waals surface area contributed by atoms with Crippen LogP contribution in [-0.4, -0.2) is 4.98 Å². The van der Waals surface area contributed by atoms with Crippen LogP contribution in [0.5, 0.6) is 0 Å². The van der Waals surface area contributed by atoms with Crippen LogP contribution in [0.3, 0.4) is 0 Å². The van der Waals surface area contributed by atoms with Crippen LogP contribution in [0.25, 0.3) is 11.3 Å². The van der Waals surface area contributed by atoms with Gasteiger partial charge in [-0.05, 0) is 40.2 Å². The highest BCUT2D eigenvalue weighted by molar-refractivity contribution is 9.10. The molecular formula is C11H6BrClFN. The molecule has 0 spiro atoms. The van der Waals surface area contributed by atoms with E-state index < -0.39 is 0 Å². The van der Waals surface area contributed by atoms with E-state index in [0.717, 1.165) is 0 Å². The molecule has 0 radical (unpaired) electrons. The lowest BCUT2D eigenvalue weighted by molar-refractivity contribution is 0.624. The first-order valence-electron chi connectivity index (χ1n) is 4.25. The van der Waals surface area contributed by atoms with E-state index in [0.29, 0.717) is 20.9 Å². The zero-order valence-electron chi connectivity index (χ0n) is 7.55. The summed E-state index contributed by atoms with van der Waals surface area (Å²) in [4.78, 5) is 4.05. The van der Waals surface area contributed by atoms with Gasteiger partial charge in [-0.15, -0.1) is 0 Å². The lowest BCUT2D eigenvalue weighted by Gasteiger charge is -2.03. The fourth-order valence-corrected chi connectivity index (χ4v) is 1.79. The summed E-state index contributed by atoms with van der Waals surface area (Å²) in [6.45, 7) is 0. The van der Waals surface area contributed by atoms with Gasteiger partial charge in [0.25, 0.3) is 0 Å². The van der Waals surface area contributed by atoms with Gasteiger partial charge in [-0.3, -0.25) is 0 Å². The van der Waals surface area contributed by atoms with Crippen molar-refractivity contribution >= 4 is 27.5 Å². The van der Waals surface area contributed by atoms with E-state index in [1.54, 1.807) is 36.4 Å². The lowest BCUT2D eigenvalue weighted by Crippen LogP contribution is -1.88. The second kappa shape index (κ2) is 4.29. The predicted molar refractivity (Wildman–Crippen MR) is 62.3 cm³/mol. The standard InChI is InChI=1S/C11H6BrClFN/c12-8-4-1-3-7(11(8)14)9-5-2-6-10(13)15-9/h1-6H. The molecule has 0 saturated carbocycles. The van der Waals surface area contributed by atoms with Gasteiger partial charge in [-0.2, -0.15) is 0 Å². The molecule has 15 heavy (non-hydrogen) atoms. The van der Waals surface area contributed by atoms with E-state index >= 15 is 0 Å². The van der Waals surface area contributed by atoms with Crippen molar-refractivity contribution in [3.8, 4) is 11.3 Å². The van der Waals surface area contributed by atoms with Crippen molar-refractivity contribution in [1.29, 1.82) is 0 Å². The van der Waals surface area contributed by atoms with Crippen LogP contribution in [0.2, 0.25) is 5.15 Å². The number of halogens is 3. The van der Waals surface area contributed by atoms with E-state index in [2.05, 4.69) is 20.9 Å². The quantitative estimate of drug-likeness (QED) is 0.712. The maximum Gasteiger partial charge on any atom is 0.146 e. The lowest BCUT2D eigenvalue weighted by atomic mass is 10.1. The van der Waals surface area contributed by atoms with Crippen LogP contribution in [0.4, 0.5) is 4.39 Å². The number of rotatable bonds is 1. The summed E-state index contributed by atoms with van der Waals surface area (Å²) in [7, 11) is 0. The molecule has 0 N–H and O–H groups in total. The average Bonchev–Trinajstić information content (AvgIpc) is 2.22. The molecule has 2 rings (SSSR count). The Balaban J connectivity index is 2.59. The van der Waals surface area contributed by atoms with E-state index in [1.807, 2.05) is 0 Å². The largest absolute Gasteiger partial charge is 0.236 e. The minimum Gasteiger partial charge on any atom is -0.236 e. The molecule has 0 bridgehead atoms. The molecule has 0 atom stereocenters. The number of hydrogen-bond donors (Lipinski definition) is 0. The summed E-state index contributed by atoms with van der Waals surface area (Å²) in [5.41, 5.74) is 0.966. The SMILES string of the molecule is Fc1c(Br)cccc1-c1cccc(Cl)n1. The van der Waals surface area contributed by atoms with Gasteiger partial charge >= 0.3 is 0 Å². The van der Waals surface area contributed by atoms with Crippen molar-refractivity contribution in [2.45, 2.75) is 0 Å². The first-order valence-corrected chi connectivity index (χ1v) is 5.42. The molecule has 0 aliphatic carbocycles. The van der Waals surface area contributed by atoms with Crippen molar-refractivity contribution in [2.75, 3.05) is 0 Å². The smallest absolute Gasteiger partial charge is 0.146 e. The van der Waals surface area contributed by atoms with Crippen LogP contribution in [0.1, 0.15) is 0 Å². The third-order valence-electron chi connectivity index (χ3n) is 1.94. The predicted octanol–water partition coefficient (Wildman–Crippen LogP) is 4.30. The number of nitrogens with zero attached hydrogens (tertiary/aromatic N) is 1. The molecule has 1 aromatic carbocycles. The molecule has 2 aromatic rings. The van der Waals surface area contributed by atoms with Crippen molar-refractivity contribution in [2.24, 2.45) is 0 Å². The molecule has 0 aliphatic heterocycles. The van der Waals surface area contributed by atoms with Crippen molar-refractivity contribution < 1.29 is 4.39 Å². The van der Waals surface area contributed by atoms with E-state index in [4.69, 9.17) is 11.6 Å². The zero-order chi connectivity index (χ0) is 10.8. The van der Waals surface area contributed by atoms with Crippen molar-refractivity contribution in [3.05, 3.63) is 51.8 Å². The summed E-state index contributed by atoms with van der Waals surface area (Å²) in [6.07, 6.45) is 0. The van der Waals surface area contributed by atoms with Crippen LogP contribution in [-0.2, 0) is 0 Å². The Labute approximate surface area is 100 Å². The molecule has 1 nitrogen and oxygen atoms in total. The first kappa shape index (κ1) is 10.6. The maximum absolute atomic E-state index is 13.7. The van der Waals surface area contributed by atoms with Gasteiger partial charge in [-0.1, -0.05) is 23.7 Å². The number of aromatic nitrogens is 1. The third kappa shape index (κ3) is 2.19. The molecule has 0 amide bonds. The van der Waals surface area contributed by atoms with E-state index in [9.17, 15) is 4.39 Å². The normalized spacial score (nSPS) is 10.3. The molecule has 1 aromatic heterocycles. The topological polar surface area (TPSA) is 12.9 Å². The van der Waals surface area contributed by atoms with Gasteiger partial charge in [0.2, 0.25) is 0 Å². The molecular weight excluding hydrogens is 280 g/mol. The van der Waals surface area contributed by atoms with E-state index in [1.165, 1.54) is 0 Å². The average molecular weight is 287 g/mol. The number of pyridine rings is 1. The summed E-state index contributed by atoms with van der Waals surface area (Å²) in [6, 6.07) is 10.2. The second-order valence-corrected chi connectivity index (χ2v) is 4.19. The Kier molecular flexibility index (Phi) is 3.03. The van der Waals surface area contributed by atoms with Crippen LogP contribution in [0.15, 0.2) is 40.9 Å². The molecule has 0 unspecified atom stereocenters. The monoisotopic (exact) mass is 285 g/mol. The van der Waals surface area contributed by atoms with Gasteiger partial charge in [0.1, 0.15) is 11.0 Å². The van der Waals surface area contributed by atoms with Gasteiger partial charge in [0, 0.05) is 5.56 Å². The molecule has 76 valence electrons. The Bertz CT molecular complexity index is 502. The first-order chi connectivity index (χ1) is 7.18. The molecule has 1 heterocycles. The minimum absolute atomic E-state index is 0.327. The number of benzene rings is 1. The van der Waals surface area contributed by atoms with Crippen molar-refractivity contribution in [1.82, 2.24) is 4.98 Å². The van der Waals surface area contributed by atoms with E-state index in [-0.39, 0.29) is 5.82 Å². The zero-order valence-corrected chi connectivity index (χ0v) is 9.89. The highest BCUT2D eigenvalue weighted by atomic mass is 79.9. The van der Waals surface area contributed by atoms with Gasteiger partial charge in [0.15, 0.2) is 0 Å². The Hall–Kier alpha value is -0.930. The Morgan fingerprint density at radius 3 is 2.60 bits per heavy atom. The number of hydrogen-bond acceptors (Lipinski definition) is 1. The summed E-state index contributed by atoms with van der Waals surface area (Å²) in [5.74, 6) is -0.327. The van der Waals surface area contributed by atoms with Gasteiger partial charge < -0.3 is 0 Å². The van der Waals surface area contributed by atoms with Crippen LogP contribution >= 0.6 is 27.5 Å². The Morgan fingerprint density at radius 2 is 1.87 bits per heavy atom. The van der Waals surface area contributed by atoms with Gasteiger partial charge in [0.05, 0.1) is 10.2 Å².